The Hall–Kier alpha value is -2.14. The van der Waals surface area contributed by atoms with E-state index in [0.29, 0.717) is 19.4 Å². The molecule has 162 valence electrons. The second kappa shape index (κ2) is 11.9. The van der Waals surface area contributed by atoms with E-state index in [1.165, 1.54) is 5.56 Å². The summed E-state index contributed by atoms with van der Waals surface area (Å²) >= 11 is 3.44. The number of nitrogens with zero attached hydrogens (tertiary/aromatic N) is 1. The van der Waals surface area contributed by atoms with E-state index >= 15 is 0 Å². The minimum absolute atomic E-state index is 0.00992. The summed E-state index contributed by atoms with van der Waals surface area (Å²) < 4.78 is 0.988. The second-order valence-electron chi connectivity index (χ2n) is 7.81. The van der Waals surface area contributed by atoms with Gasteiger partial charge in [-0.15, -0.1) is 0 Å². The summed E-state index contributed by atoms with van der Waals surface area (Å²) in [6.45, 7) is 8.36. The molecular weight excluding hydrogens is 440 g/mol. The zero-order valence-electron chi connectivity index (χ0n) is 18.5. The molecule has 4 nitrogen and oxygen atoms in total. The zero-order valence-corrected chi connectivity index (χ0v) is 20.0. The van der Waals surface area contributed by atoms with Crippen molar-refractivity contribution in [1.29, 1.82) is 0 Å². The molecule has 2 aromatic rings. The molecule has 0 radical (unpaired) electrons. The molecule has 0 spiro atoms. The Balaban J connectivity index is 2.12. The molecule has 30 heavy (non-hydrogen) atoms. The van der Waals surface area contributed by atoms with E-state index < -0.39 is 6.04 Å². The second-order valence-corrected chi connectivity index (χ2v) is 8.73. The van der Waals surface area contributed by atoms with Gasteiger partial charge < -0.3 is 10.2 Å². The third-order valence-corrected chi connectivity index (χ3v) is 6.02. The predicted octanol–water partition coefficient (Wildman–Crippen LogP) is 5.28. The number of carbonyl (C=O) groups is 2. The van der Waals surface area contributed by atoms with Crippen molar-refractivity contribution >= 4 is 27.7 Å². The molecule has 0 aromatic heterocycles. The summed E-state index contributed by atoms with van der Waals surface area (Å²) in [5.74, 6) is -0.119. The molecule has 2 atom stereocenters. The summed E-state index contributed by atoms with van der Waals surface area (Å²) in [5.41, 5.74) is 3.43. The molecule has 0 saturated heterocycles. The highest BCUT2D eigenvalue weighted by atomic mass is 79.9. The largest absolute Gasteiger partial charge is 0.352 e. The first-order valence-electron chi connectivity index (χ1n) is 10.8. The molecule has 0 aliphatic carbocycles. The summed E-state index contributed by atoms with van der Waals surface area (Å²) in [6.07, 6.45) is 2.90. The van der Waals surface area contributed by atoms with E-state index in [9.17, 15) is 9.59 Å². The van der Waals surface area contributed by atoms with Gasteiger partial charge in [0.15, 0.2) is 0 Å². The van der Waals surface area contributed by atoms with Gasteiger partial charge in [-0.3, -0.25) is 9.59 Å². The van der Waals surface area contributed by atoms with Gasteiger partial charge in [0.1, 0.15) is 6.04 Å². The Kier molecular flexibility index (Phi) is 9.57. The van der Waals surface area contributed by atoms with Gasteiger partial charge in [0.2, 0.25) is 11.8 Å². The van der Waals surface area contributed by atoms with Crippen molar-refractivity contribution in [2.45, 2.75) is 72.0 Å². The topological polar surface area (TPSA) is 49.4 Å². The molecular formula is C25H33BrN2O2. The number of halogens is 1. The SMILES string of the molecule is CCc1ccc(CCC(=O)N(Cc2ccc(Br)cc2)[C@H](C)C(=O)N[C@H](C)CC)cc1. The van der Waals surface area contributed by atoms with Gasteiger partial charge in [-0.05, 0) is 61.9 Å². The first-order valence-corrected chi connectivity index (χ1v) is 11.5. The number of rotatable bonds is 10. The van der Waals surface area contributed by atoms with Crippen molar-refractivity contribution in [3.05, 3.63) is 69.7 Å². The van der Waals surface area contributed by atoms with Gasteiger partial charge in [0.05, 0.1) is 0 Å². The molecule has 2 rings (SSSR count). The molecule has 5 heteroatoms. The van der Waals surface area contributed by atoms with Crippen LogP contribution in [-0.2, 0) is 29.0 Å². The summed E-state index contributed by atoms with van der Waals surface area (Å²) in [7, 11) is 0. The van der Waals surface area contributed by atoms with Crippen LogP contribution in [0.5, 0.6) is 0 Å². The van der Waals surface area contributed by atoms with Crippen LogP contribution in [0.25, 0.3) is 0 Å². The Morgan fingerprint density at radius 2 is 1.50 bits per heavy atom. The highest BCUT2D eigenvalue weighted by Gasteiger charge is 2.26. The number of carbonyl (C=O) groups excluding carboxylic acids is 2. The number of benzene rings is 2. The third-order valence-electron chi connectivity index (χ3n) is 5.49. The first kappa shape index (κ1) is 24.1. The van der Waals surface area contributed by atoms with Crippen molar-refractivity contribution in [1.82, 2.24) is 10.2 Å². The van der Waals surface area contributed by atoms with Crippen molar-refractivity contribution < 1.29 is 9.59 Å². The Morgan fingerprint density at radius 1 is 0.933 bits per heavy atom. The van der Waals surface area contributed by atoms with Crippen LogP contribution >= 0.6 is 15.9 Å². The van der Waals surface area contributed by atoms with Crippen LogP contribution in [0, 0.1) is 0 Å². The lowest BCUT2D eigenvalue weighted by Gasteiger charge is -2.30. The van der Waals surface area contributed by atoms with E-state index in [2.05, 4.69) is 52.4 Å². The van der Waals surface area contributed by atoms with Crippen molar-refractivity contribution in [2.75, 3.05) is 0 Å². The predicted molar refractivity (Wildman–Crippen MR) is 126 cm³/mol. The van der Waals surface area contributed by atoms with E-state index in [4.69, 9.17) is 0 Å². The summed E-state index contributed by atoms with van der Waals surface area (Å²) in [5, 5.41) is 3.01. The summed E-state index contributed by atoms with van der Waals surface area (Å²) in [4.78, 5) is 27.6. The maximum atomic E-state index is 13.1. The van der Waals surface area contributed by atoms with Gasteiger partial charge in [0.25, 0.3) is 0 Å². The van der Waals surface area contributed by atoms with Crippen molar-refractivity contribution in [2.24, 2.45) is 0 Å². The number of amides is 2. The lowest BCUT2D eigenvalue weighted by atomic mass is 10.0. The maximum absolute atomic E-state index is 13.1. The Morgan fingerprint density at radius 3 is 2.07 bits per heavy atom. The number of hydrogen-bond donors (Lipinski definition) is 1. The number of hydrogen-bond acceptors (Lipinski definition) is 2. The molecule has 0 heterocycles. The molecule has 0 aliphatic rings. The summed E-state index contributed by atoms with van der Waals surface area (Å²) in [6, 6.07) is 15.8. The molecule has 2 aromatic carbocycles. The van der Waals surface area contributed by atoms with E-state index in [0.717, 1.165) is 28.4 Å². The van der Waals surface area contributed by atoms with Crippen LogP contribution in [0.2, 0.25) is 0 Å². The van der Waals surface area contributed by atoms with E-state index in [1.807, 2.05) is 45.0 Å². The van der Waals surface area contributed by atoms with Crippen LogP contribution in [0.3, 0.4) is 0 Å². The van der Waals surface area contributed by atoms with Gasteiger partial charge in [0, 0.05) is 23.5 Å². The average Bonchev–Trinajstić information content (AvgIpc) is 2.76. The average molecular weight is 473 g/mol. The van der Waals surface area contributed by atoms with Crippen LogP contribution in [0.4, 0.5) is 0 Å². The fourth-order valence-electron chi connectivity index (χ4n) is 3.17. The fraction of sp³-hybridized carbons (Fsp3) is 0.440. The molecule has 0 unspecified atom stereocenters. The Labute approximate surface area is 189 Å². The standard InChI is InChI=1S/C25H33BrN2O2/c1-5-18(3)27-25(30)19(4)28(17-22-11-14-23(26)15-12-22)24(29)16-13-21-9-7-20(6-2)8-10-21/h7-12,14-15,18-19H,5-6,13,16-17H2,1-4H3,(H,27,30)/t18-,19-/m1/s1. The number of nitrogens with one attached hydrogen (secondary N) is 1. The van der Waals surface area contributed by atoms with Crippen LogP contribution in [0.15, 0.2) is 53.0 Å². The lowest BCUT2D eigenvalue weighted by Crippen LogP contribution is -2.49. The van der Waals surface area contributed by atoms with Gasteiger partial charge in [-0.1, -0.05) is 66.2 Å². The monoisotopic (exact) mass is 472 g/mol. The minimum Gasteiger partial charge on any atom is -0.352 e. The van der Waals surface area contributed by atoms with Gasteiger partial charge >= 0.3 is 0 Å². The Bertz CT molecular complexity index is 818. The molecule has 2 amide bonds. The van der Waals surface area contributed by atoms with E-state index in [1.54, 1.807) is 4.90 Å². The fourth-order valence-corrected chi connectivity index (χ4v) is 3.44. The van der Waals surface area contributed by atoms with Crippen molar-refractivity contribution in [3.63, 3.8) is 0 Å². The highest BCUT2D eigenvalue weighted by Crippen LogP contribution is 2.16. The molecule has 0 fully saturated rings. The lowest BCUT2D eigenvalue weighted by molar-refractivity contribution is -0.140. The molecule has 0 saturated carbocycles. The third kappa shape index (κ3) is 7.28. The molecule has 0 bridgehead atoms. The van der Waals surface area contributed by atoms with Crippen LogP contribution in [0.1, 0.15) is 57.2 Å². The van der Waals surface area contributed by atoms with Crippen LogP contribution in [-0.4, -0.2) is 28.8 Å². The number of aryl methyl sites for hydroxylation is 2. The van der Waals surface area contributed by atoms with E-state index in [-0.39, 0.29) is 17.9 Å². The smallest absolute Gasteiger partial charge is 0.242 e. The quantitative estimate of drug-likeness (QED) is 0.511. The van der Waals surface area contributed by atoms with Crippen LogP contribution < -0.4 is 5.32 Å². The maximum Gasteiger partial charge on any atom is 0.242 e. The normalized spacial score (nSPS) is 12.8. The minimum atomic E-state index is -0.530. The molecule has 1 N–H and O–H groups in total. The van der Waals surface area contributed by atoms with Gasteiger partial charge in [-0.2, -0.15) is 0 Å². The zero-order chi connectivity index (χ0) is 22.1. The highest BCUT2D eigenvalue weighted by molar-refractivity contribution is 9.10. The van der Waals surface area contributed by atoms with Crippen molar-refractivity contribution in [3.8, 4) is 0 Å². The molecule has 0 aliphatic heterocycles. The van der Waals surface area contributed by atoms with Gasteiger partial charge in [-0.25, -0.2) is 0 Å². The first-order chi connectivity index (χ1) is 14.3.